The van der Waals surface area contributed by atoms with E-state index in [0.29, 0.717) is 6.21 Å². The van der Waals surface area contributed by atoms with Crippen molar-refractivity contribution in [2.24, 2.45) is 0 Å². The van der Waals surface area contributed by atoms with Crippen LogP contribution in [0.15, 0.2) is 12.3 Å². The number of ether oxygens (including phenoxy) is 1. The molecular formula is C7H10N2O2. The van der Waals surface area contributed by atoms with Gasteiger partial charge in [0.15, 0.2) is 0 Å². The summed E-state index contributed by atoms with van der Waals surface area (Å²) in [4.78, 5) is 12.9. The molecule has 0 heterocycles. The smallest absolute Gasteiger partial charge is 0.418 e. The van der Waals surface area contributed by atoms with Crippen LogP contribution in [-0.2, 0) is 9.53 Å². The van der Waals surface area contributed by atoms with Gasteiger partial charge in [0, 0.05) is 0 Å². The fourth-order valence-electron chi connectivity index (χ4n) is 0.427. The van der Waals surface area contributed by atoms with E-state index in [1.807, 2.05) is 6.92 Å². The number of allylic oxidation sites excluding steroid dienone is 1. The monoisotopic (exact) mass is 154 g/mol. The number of hydrogen-bond acceptors (Lipinski definition) is 2. The Morgan fingerprint density at radius 1 is 1.73 bits per heavy atom. The van der Waals surface area contributed by atoms with Crippen molar-refractivity contribution in [3.05, 3.63) is 17.9 Å². The lowest BCUT2D eigenvalue weighted by Crippen LogP contribution is -2.00. The second kappa shape index (κ2) is 6.71. The van der Waals surface area contributed by atoms with Gasteiger partial charge in [-0.25, -0.2) is 4.79 Å². The second-order valence-electron chi connectivity index (χ2n) is 1.84. The third-order valence-electron chi connectivity index (χ3n) is 0.899. The molecule has 11 heavy (non-hydrogen) atoms. The normalized spacial score (nSPS) is 9.18. The van der Waals surface area contributed by atoms with Gasteiger partial charge in [0.1, 0.15) is 0 Å². The first kappa shape index (κ1) is 9.59. The number of unbranched alkanes of at least 4 members (excludes halogenated alkanes) is 1. The van der Waals surface area contributed by atoms with Crippen LogP contribution >= 0.6 is 0 Å². The fourth-order valence-corrected chi connectivity index (χ4v) is 0.427. The molecule has 0 fully saturated rings. The summed E-state index contributed by atoms with van der Waals surface area (Å²) in [5, 5.41) is 0. The molecule has 0 amide bonds. The van der Waals surface area contributed by atoms with Crippen molar-refractivity contribution in [2.75, 3.05) is 0 Å². The summed E-state index contributed by atoms with van der Waals surface area (Å²) >= 11 is 0. The molecule has 0 radical (unpaired) electrons. The van der Waals surface area contributed by atoms with Crippen LogP contribution in [0.1, 0.15) is 19.8 Å². The van der Waals surface area contributed by atoms with Gasteiger partial charge in [-0.3, -0.25) is 0 Å². The molecule has 0 unspecified atom stereocenters. The van der Waals surface area contributed by atoms with E-state index in [-0.39, 0.29) is 0 Å². The molecule has 0 saturated carbocycles. The van der Waals surface area contributed by atoms with Crippen LogP contribution in [0, 0.1) is 0 Å². The predicted molar refractivity (Wildman–Crippen MR) is 39.8 cm³/mol. The van der Waals surface area contributed by atoms with Crippen LogP contribution in [0.25, 0.3) is 5.53 Å². The summed E-state index contributed by atoms with van der Waals surface area (Å²) in [7, 11) is 0. The third kappa shape index (κ3) is 6.48. The number of esters is 1. The molecule has 0 atom stereocenters. The summed E-state index contributed by atoms with van der Waals surface area (Å²) < 4.78 is 4.46. The van der Waals surface area contributed by atoms with Crippen LogP contribution in [0.2, 0.25) is 0 Å². The molecule has 0 aromatic carbocycles. The summed E-state index contributed by atoms with van der Waals surface area (Å²) in [6.45, 7) is 2.02. The quantitative estimate of drug-likeness (QED) is 0.200. The molecule has 4 heteroatoms. The van der Waals surface area contributed by atoms with Gasteiger partial charge in [0.05, 0.1) is 6.26 Å². The standard InChI is InChI=1S/C7H10N2O2/c1-2-3-4-5-11-7(10)6-9-8/h4-6H,2-3H2,1H3. The summed E-state index contributed by atoms with van der Waals surface area (Å²) in [5.41, 5.74) is 7.88. The van der Waals surface area contributed by atoms with Crippen LogP contribution in [0.3, 0.4) is 0 Å². The highest BCUT2D eigenvalue weighted by molar-refractivity contribution is 6.20. The van der Waals surface area contributed by atoms with Gasteiger partial charge in [-0.05, 0) is 12.5 Å². The summed E-state index contributed by atoms with van der Waals surface area (Å²) in [5.74, 6) is -0.681. The van der Waals surface area contributed by atoms with Crippen LogP contribution in [0.5, 0.6) is 0 Å². The summed E-state index contributed by atoms with van der Waals surface area (Å²) in [6, 6.07) is 0. The zero-order chi connectivity index (χ0) is 8.53. The van der Waals surface area contributed by atoms with Gasteiger partial charge < -0.3 is 10.3 Å². The third-order valence-corrected chi connectivity index (χ3v) is 0.899. The number of rotatable bonds is 4. The molecule has 0 N–H and O–H groups in total. The van der Waals surface area contributed by atoms with E-state index >= 15 is 0 Å². The molecule has 0 spiro atoms. The Labute approximate surface area is 65.1 Å². The van der Waals surface area contributed by atoms with Crippen molar-refractivity contribution < 1.29 is 14.3 Å². The Hall–Kier alpha value is -1.41. The predicted octanol–water partition coefficient (Wildman–Crippen LogP) is 1.14. The van der Waals surface area contributed by atoms with Gasteiger partial charge in [-0.15, -0.1) is 0 Å². The van der Waals surface area contributed by atoms with Crippen LogP contribution in [0.4, 0.5) is 0 Å². The number of carbonyl (C=O) groups excluding carboxylic acids is 1. The highest BCUT2D eigenvalue weighted by atomic mass is 16.5. The van der Waals surface area contributed by atoms with Crippen molar-refractivity contribution in [3.8, 4) is 0 Å². The Balaban J connectivity index is 3.52. The highest BCUT2D eigenvalue weighted by Gasteiger charge is 1.97. The second-order valence-corrected chi connectivity index (χ2v) is 1.84. The first-order chi connectivity index (χ1) is 5.31. The van der Waals surface area contributed by atoms with E-state index in [1.54, 1.807) is 6.08 Å². The molecule has 60 valence electrons. The van der Waals surface area contributed by atoms with E-state index in [4.69, 9.17) is 5.53 Å². The van der Waals surface area contributed by atoms with E-state index in [2.05, 4.69) is 9.53 Å². The van der Waals surface area contributed by atoms with E-state index in [1.165, 1.54) is 6.26 Å². The Morgan fingerprint density at radius 2 is 2.45 bits per heavy atom. The lowest BCUT2D eigenvalue weighted by Gasteiger charge is -1.86. The molecule has 4 nitrogen and oxygen atoms in total. The highest BCUT2D eigenvalue weighted by Crippen LogP contribution is 1.88. The van der Waals surface area contributed by atoms with E-state index in [0.717, 1.165) is 12.8 Å². The molecule has 0 aliphatic heterocycles. The molecule has 0 bridgehead atoms. The Kier molecular flexibility index (Phi) is 5.85. The van der Waals surface area contributed by atoms with Crippen molar-refractivity contribution in [2.45, 2.75) is 19.8 Å². The van der Waals surface area contributed by atoms with Crippen molar-refractivity contribution in [1.82, 2.24) is 0 Å². The molecular weight excluding hydrogens is 144 g/mol. The van der Waals surface area contributed by atoms with Gasteiger partial charge in [0.25, 0.3) is 0 Å². The van der Waals surface area contributed by atoms with Gasteiger partial charge in [0.2, 0.25) is 0 Å². The van der Waals surface area contributed by atoms with Gasteiger partial charge >= 0.3 is 12.2 Å². The Morgan fingerprint density at radius 3 is 3.00 bits per heavy atom. The van der Waals surface area contributed by atoms with Crippen LogP contribution < -0.4 is 0 Å². The number of hydrogen-bond donors (Lipinski definition) is 0. The van der Waals surface area contributed by atoms with E-state index < -0.39 is 5.97 Å². The maximum Gasteiger partial charge on any atom is 0.418 e. The van der Waals surface area contributed by atoms with E-state index in [9.17, 15) is 4.79 Å². The number of carbonyl (C=O) groups is 1. The topological polar surface area (TPSA) is 62.7 Å². The minimum Gasteiger partial charge on any atom is -0.426 e. The first-order valence-corrected chi connectivity index (χ1v) is 3.34. The average Bonchev–Trinajstić information content (AvgIpc) is 1.99. The zero-order valence-corrected chi connectivity index (χ0v) is 6.36. The van der Waals surface area contributed by atoms with Crippen molar-refractivity contribution in [3.63, 3.8) is 0 Å². The minimum atomic E-state index is -0.681. The maximum absolute atomic E-state index is 10.4. The fraction of sp³-hybridized carbons (Fsp3) is 0.429. The minimum absolute atomic E-state index is 0.681. The lowest BCUT2D eigenvalue weighted by atomic mass is 10.3. The zero-order valence-electron chi connectivity index (χ0n) is 6.36. The average molecular weight is 154 g/mol. The summed E-state index contributed by atoms with van der Waals surface area (Å²) in [6.07, 6.45) is 5.57. The molecule has 0 aliphatic rings. The molecule has 0 saturated heterocycles. The van der Waals surface area contributed by atoms with Gasteiger partial charge in [-0.2, -0.15) is 4.79 Å². The van der Waals surface area contributed by atoms with Gasteiger partial charge in [-0.1, -0.05) is 13.3 Å². The molecule has 0 aromatic rings. The van der Waals surface area contributed by atoms with Crippen molar-refractivity contribution in [1.29, 1.82) is 0 Å². The molecule has 0 aromatic heterocycles. The Bertz CT molecular complexity index is 193. The lowest BCUT2D eigenvalue weighted by molar-refractivity contribution is -0.133. The molecule has 0 rings (SSSR count). The molecule has 0 aliphatic carbocycles. The SMILES string of the molecule is CCCC=COC(=O)C=[N+]=[N-]. The van der Waals surface area contributed by atoms with Crippen LogP contribution in [-0.4, -0.2) is 17.0 Å². The number of nitrogens with zero attached hydrogens (tertiary/aromatic N) is 2. The largest absolute Gasteiger partial charge is 0.426 e. The maximum atomic E-state index is 10.4. The van der Waals surface area contributed by atoms with Crippen molar-refractivity contribution >= 4 is 12.2 Å². The first-order valence-electron chi connectivity index (χ1n) is 3.34.